The number of hydrogen-bond acceptors (Lipinski definition) is 4. The van der Waals surface area contributed by atoms with Crippen molar-refractivity contribution in [3.8, 4) is 0 Å². The molecule has 0 aliphatic heterocycles. The van der Waals surface area contributed by atoms with Gasteiger partial charge in [0.2, 0.25) is 0 Å². The van der Waals surface area contributed by atoms with Crippen molar-refractivity contribution in [1.29, 1.82) is 0 Å². The molecule has 0 fully saturated rings. The molecular formula is C14H25N3O2. The fourth-order valence-electron chi connectivity index (χ4n) is 2.49. The van der Waals surface area contributed by atoms with E-state index < -0.39 is 5.54 Å². The van der Waals surface area contributed by atoms with Gasteiger partial charge < -0.3 is 14.6 Å². The Morgan fingerprint density at radius 1 is 1.58 bits per heavy atom. The van der Waals surface area contributed by atoms with Gasteiger partial charge in [0, 0.05) is 11.7 Å². The lowest BCUT2D eigenvalue weighted by molar-refractivity contribution is -0.148. The zero-order valence-electron chi connectivity index (χ0n) is 12.8. The Hall–Kier alpha value is -1.36. The van der Waals surface area contributed by atoms with Crippen molar-refractivity contribution in [2.45, 2.75) is 52.6 Å². The van der Waals surface area contributed by atoms with Crippen LogP contribution in [0, 0.1) is 13.8 Å². The third-order valence-corrected chi connectivity index (χ3v) is 3.67. The molecule has 0 aliphatic carbocycles. The summed E-state index contributed by atoms with van der Waals surface area (Å²) >= 11 is 0. The fourth-order valence-corrected chi connectivity index (χ4v) is 2.49. The van der Waals surface area contributed by atoms with Crippen molar-refractivity contribution in [3.05, 3.63) is 17.7 Å². The molecule has 2 atom stereocenters. The van der Waals surface area contributed by atoms with Gasteiger partial charge in [0.25, 0.3) is 0 Å². The molecule has 1 aromatic rings. The first-order chi connectivity index (χ1) is 8.85. The highest BCUT2D eigenvalue weighted by Gasteiger charge is 2.35. The number of carbonyl (C=O) groups excluding carboxylic acids is 1. The minimum absolute atomic E-state index is 0.171. The van der Waals surface area contributed by atoms with E-state index in [0.29, 0.717) is 6.42 Å². The molecule has 1 heterocycles. The highest BCUT2D eigenvalue weighted by molar-refractivity contribution is 5.80. The summed E-state index contributed by atoms with van der Waals surface area (Å²) in [6, 6.07) is 0.171. The second kappa shape index (κ2) is 6.19. The molecule has 0 radical (unpaired) electrons. The van der Waals surface area contributed by atoms with Crippen molar-refractivity contribution in [1.82, 2.24) is 14.9 Å². The summed E-state index contributed by atoms with van der Waals surface area (Å²) < 4.78 is 7.02. The zero-order valence-corrected chi connectivity index (χ0v) is 12.8. The number of esters is 1. The summed E-state index contributed by atoms with van der Waals surface area (Å²) in [7, 11) is 1.43. The number of carbonyl (C=O) groups is 1. The number of aromatic nitrogens is 2. The van der Waals surface area contributed by atoms with Gasteiger partial charge in [-0.05, 0) is 40.7 Å². The second-order valence-electron chi connectivity index (χ2n) is 5.23. The Labute approximate surface area is 115 Å². The van der Waals surface area contributed by atoms with Gasteiger partial charge in [-0.3, -0.25) is 4.79 Å². The number of likely N-dealkylation sites (N-methyl/N-ethyl adjacent to an activating group) is 1. The SMILES string of the molecule is CCNC(C)(CC(C)n1cnc(C)c1C)C(=O)OC. The maximum absolute atomic E-state index is 12.0. The third kappa shape index (κ3) is 3.35. The van der Waals surface area contributed by atoms with E-state index in [-0.39, 0.29) is 12.0 Å². The minimum atomic E-state index is -0.673. The smallest absolute Gasteiger partial charge is 0.325 e. The van der Waals surface area contributed by atoms with Gasteiger partial charge in [-0.2, -0.15) is 0 Å². The molecule has 19 heavy (non-hydrogen) atoms. The molecule has 1 aromatic heterocycles. The van der Waals surface area contributed by atoms with Gasteiger partial charge in [0.05, 0.1) is 19.1 Å². The van der Waals surface area contributed by atoms with Crippen LogP contribution in [0.5, 0.6) is 0 Å². The van der Waals surface area contributed by atoms with Crippen molar-refractivity contribution in [2.75, 3.05) is 13.7 Å². The van der Waals surface area contributed by atoms with E-state index in [2.05, 4.69) is 21.8 Å². The normalized spacial score (nSPS) is 15.9. The first-order valence-electron chi connectivity index (χ1n) is 6.69. The van der Waals surface area contributed by atoms with Crippen molar-refractivity contribution < 1.29 is 9.53 Å². The van der Waals surface area contributed by atoms with E-state index in [1.807, 2.05) is 34.0 Å². The molecule has 0 aromatic carbocycles. The topological polar surface area (TPSA) is 56.2 Å². The Balaban J connectivity index is 2.91. The monoisotopic (exact) mass is 267 g/mol. The van der Waals surface area contributed by atoms with E-state index >= 15 is 0 Å². The lowest BCUT2D eigenvalue weighted by Gasteiger charge is -2.31. The van der Waals surface area contributed by atoms with E-state index in [4.69, 9.17) is 4.74 Å². The van der Waals surface area contributed by atoms with Crippen molar-refractivity contribution in [2.24, 2.45) is 0 Å². The Morgan fingerprint density at radius 2 is 2.21 bits per heavy atom. The minimum Gasteiger partial charge on any atom is -0.468 e. The number of aryl methyl sites for hydroxylation is 1. The predicted molar refractivity (Wildman–Crippen MR) is 75.1 cm³/mol. The van der Waals surface area contributed by atoms with Crippen LogP contribution in [0.3, 0.4) is 0 Å². The number of ether oxygens (including phenoxy) is 1. The molecular weight excluding hydrogens is 242 g/mol. The van der Waals surface area contributed by atoms with Crippen LogP contribution in [0.4, 0.5) is 0 Å². The number of hydrogen-bond donors (Lipinski definition) is 1. The Morgan fingerprint density at radius 3 is 2.63 bits per heavy atom. The average Bonchev–Trinajstić information content (AvgIpc) is 2.69. The Kier molecular flexibility index (Phi) is 5.11. The van der Waals surface area contributed by atoms with E-state index in [0.717, 1.165) is 17.9 Å². The van der Waals surface area contributed by atoms with Crippen LogP contribution >= 0.6 is 0 Å². The fraction of sp³-hybridized carbons (Fsp3) is 0.714. The quantitative estimate of drug-likeness (QED) is 0.801. The summed E-state index contributed by atoms with van der Waals surface area (Å²) in [6.45, 7) is 10.7. The van der Waals surface area contributed by atoms with Crippen LogP contribution in [-0.2, 0) is 9.53 Å². The Bertz CT molecular complexity index is 442. The summed E-state index contributed by atoms with van der Waals surface area (Å²) in [5, 5.41) is 3.23. The second-order valence-corrected chi connectivity index (χ2v) is 5.23. The highest BCUT2D eigenvalue weighted by Crippen LogP contribution is 2.24. The number of nitrogens with zero attached hydrogens (tertiary/aromatic N) is 2. The number of methoxy groups -OCH3 is 1. The first kappa shape index (κ1) is 15.7. The molecule has 5 nitrogen and oxygen atoms in total. The molecule has 1 N–H and O–H groups in total. The highest BCUT2D eigenvalue weighted by atomic mass is 16.5. The van der Waals surface area contributed by atoms with Crippen LogP contribution in [0.25, 0.3) is 0 Å². The van der Waals surface area contributed by atoms with E-state index in [9.17, 15) is 4.79 Å². The van der Waals surface area contributed by atoms with Crippen LogP contribution in [0.1, 0.15) is 44.6 Å². The van der Waals surface area contributed by atoms with Crippen molar-refractivity contribution in [3.63, 3.8) is 0 Å². The van der Waals surface area contributed by atoms with E-state index in [1.54, 1.807) is 0 Å². The lowest BCUT2D eigenvalue weighted by atomic mass is 9.93. The first-order valence-corrected chi connectivity index (χ1v) is 6.69. The zero-order chi connectivity index (χ0) is 14.6. The van der Waals surface area contributed by atoms with Crippen LogP contribution in [-0.4, -0.2) is 34.7 Å². The summed E-state index contributed by atoms with van der Waals surface area (Å²) in [4.78, 5) is 16.3. The standard InChI is InChI=1S/C14H25N3O2/c1-7-16-14(5,13(18)19-6)8-10(2)17-9-15-11(3)12(17)4/h9-10,16H,7-8H2,1-6H3. The molecule has 0 spiro atoms. The molecule has 0 saturated heterocycles. The average molecular weight is 267 g/mol. The molecule has 0 bridgehead atoms. The third-order valence-electron chi connectivity index (χ3n) is 3.67. The molecule has 2 unspecified atom stereocenters. The molecule has 0 saturated carbocycles. The summed E-state index contributed by atoms with van der Waals surface area (Å²) in [5.41, 5.74) is 1.49. The number of nitrogens with one attached hydrogen (secondary N) is 1. The van der Waals surface area contributed by atoms with E-state index in [1.165, 1.54) is 7.11 Å². The molecule has 1 rings (SSSR count). The number of rotatable bonds is 6. The summed E-state index contributed by atoms with van der Waals surface area (Å²) in [5.74, 6) is -0.226. The maximum atomic E-state index is 12.0. The molecule has 5 heteroatoms. The number of imidazole rings is 1. The van der Waals surface area contributed by atoms with Gasteiger partial charge in [-0.1, -0.05) is 6.92 Å². The summed E-state index contributed by atoms with van der Waals surface area (Å²) in [6.07, 6.45) is 2.49. The molecule has 0 aliphatic rings. The largest absolute Gasteiger partial charge is 0.468 e. The van der Waals surface area contributed by atoms with Gasteiger partial charge in [0.15, 0.2) is 0 Å². The van der Waals surface area contributed by atoms with Crippen LogP contribution < -0.4 is 5.32 Å². The lowest BCUT2D eigenvalue weighted by Crippen LogP contribution is -2.51. The van der Waals surface area contributed by atoms with Gasteiger partial charge in [-0.25, -0.2) is 4.98 Å². The molecule has 108 valence electrons. The van der Waals surface area contributed by atoms with Crippen molar-refractivity contribution >= 4 is 5.97 Å². The van der Waals surface area contributed by atoms with Gasteiger partial charge >= 0.3 is 5.97 Å². The maximum Gasteiger partial charge on any atom is 0.325 e. The van der Waals surface area contributed by atoms with Gasteiger partial charge in [-0.15, -0.1) is 0 Å². The van der Waals surface area contributed by atoms with Crippen LogP contribution in [0.15, 0.2) is 6.33 Å². The van der Waals surface area contributed by atoms with Crippen LogP contribution in [0.2, 0.25) is 0 Å². The van der Waals surface area contributed by atoms with Gasteiger partial charge in [0.1, 0.15) is 5.54 Å². The predicted octanol–water partition coefficient (Wildman–Crippen LogP) is 1.99. The molecule has 0 amide bonds.